The molecule has 0 aliphatic heterocycles. The molecular weight excluding hydrogens is 218 g/mol. The quantitative estimate of drug-likeness (QED) is 0.833. The number of nitrogens with one attached hydrogen (secondary N) is 1. The lowest BCUT2D eigenvalue weighted by atomic mass is 9.89. The molecule has 1 N–H and O–H groups in total. The van der Waals surface area contributed by atoms with E-state index in [2.05, 4.69) is 44.3 Å². The van der Waals surface area contributed by atoms with Crippen LogP contribution in [0.2, 0.25) is 0 Å². The van der Waals surface area contributed by atoms with Crippen LogP contribution in [0.15, 0.2) is 18.2 Å². The van der Waals surface area contributed by atoms with Gasteiger partial charge in [0, 0.05) is 6.04 Å². The molecule has 18 heavy (non-hydrogen) atoms. The van der Waals surface area contributed by atoms with E-state index in [9.17, 15) is 0 Å². The van der Waals surface area contributed by atoms with Gasteiger partial charge in [0.2, 0.25) is 0 Å². The second kappa shape index (κ2) is 6.38. The van der Waals surface area contributed by atoms with Crippen molar-refractivity contribution in [3.63, 3.8) is 0 Å². The molecule has 0 amide bonds. The molecule has 0 heterocycles. The summed E-state index contributed by atoms with van der Waals surface area (Å²) in [5, 5.41) is 3.61. The maximum absolute atomic E-state index is 3.61. The van der Waals surface area contributed by atoms with Gasteiger partial charge < -0.3 is 5.32 Å². The zero-order valence-electron chi connectivity index (χ0n) is 12.1. The van der Waals surface area contributed by atoms with Crippen molar-refractivity contribution in [1.82, 2.24) is 5.32 Å². The molecule has 100 valence electrons. The first-order valence-corrected chi connectivity index (χ1v) is 7.49. The maximum atomic E-state index is 3.61. The Hall–Kier alpha value is -0.820. The molecule has 1 aromatic carbocycles. The summed E-state index contributed by atoms with van der Waals surface area (Å²) in [4.78, 5) is 0. The Bertz CT molecular complexity index is 381. The average Bonchev–Trinajstić information content (AvgIpc) is 2.36. The first kappa shape index (κ1) is 13.6. The summed E-state index contributed by atoms with van der Waals surface area (Å²) in [7, 11) is 0. The van der Waals surface area contributed by atoms with E-state index in [1.807, 2.05) is 0 Å². The maximum Gasteiger partial charge on any atom is 0.00792 e. The van der Waals surface area contributed by atoms with Crippen molar-refractivity contribution in [3.05, 3.63) is 34.9 Å². The molecule has 1 nitrogen and oxygen atoms in total. The number of aryl methyl sites for hydroxylation is 2. The Kier molecular flexibility index (Phi) is 4.82. The number of fused-ring (bicyclic) bond motifs is 1. The largest absolute Gasteiger partial charge is 0.314 e. The highest BCUT2D eigenvalue weighted by Crippen LogP contribution is 2.22. The van der Waals surface area contributed by atoms with Crippen LogP contribution in [0.1, 0.15) is 50.3 Å². The third-order valence-corrected chi connectivity index (χ3v) is 3.83. The molecule has 1 aromatic rings. The van der Waals surface area contributed by atoms with Gasteiger partial charge >= 0.3 is 0 Å². The molecule has 1 atom stereocenters. The van der Waals surface area contributed by atoms with Gasteiger partial charge in [-0.05, 0) is 68.2 Å². The van der Waals surface area contributed by atoms with E-state index < -0.39 is 0 Å². The molecule has 0 saturated carbocycles. The predicted molar refractivity (Wildman–Crippen MR) is 79.1 cm³/mol. The second-order valence-corrected chi connectivity index (χ2v) is 6.22. The molecule has 0 aromatic heterocycles. The van der Waals surface area contributed by atoms with Gasteiger partial charge in [0.05, 0.1) is 0 Å². The Morgan fingerprint density at radius 3 is 2.50 bits per heavy atom. The fourth-order valence-corrected chi connectivity index (χ4v) is 2.78. The van der Waals surface area contributed by atoms with Gasteiger partial charge in [0.25, 0.3) is 0 Å². The minimum Gasteiger partial charge on any atom is -0.314 e. The van der Waals surface area contributed by atoms with Crippen LogP contribution in [0, 0.1) is 5.92 Å². The minimum absolute atomic E-state index is 0.578. The third kappa shape index (κ3) is 3.84. The molecule has 2 rings (SSSR count). The number of hydrogen-bond acceptors (Lipinski definition) is 1. The zero-order chi connectivity index (χ0) is 13.0. The second-order valence-electron chi connectivity index (χ2n) is 6.22. The van der Waals surface area contributed by atoms with Crippen LogP contribution in [-0.4, -0.2) is 12.6 Å². The summed E-state index contributed by atoms with van der Waals surface area (Å²) in [6.45, 7) is 7.94. The van der Waals surface area contributed by atoms with Crippen LogP contribution in [-0.2, 0) is 19.3 Å². The van der Waals surface area contributed by atoms with Gasteiger partial charge in [-0.2, -0.15) is 0 Å². The number of hydrogen-bond donors (Lipinski definition) is 1. The number of benzene rings is 1. The van der Waals surface area contributed by atoms with Gasteiger partial charge in [-0.1, -0.05) is 32.0 Å². The zero-order valence-corrected chi connectivity index (χ0v) is 12.1. The van der Waals surface area contributed by atoms with Crippen molar-refractivity contribution in [2.75, 3.05) is 6.54 Å². The van der Waals surface area contributed by atoms with Crippen LogP contribution in [0.3, 0.4) is 0 Å². The highest BCUT2D eigenvalue weighted by Gasteiger charge is 2.10. The molecule has 0 saturated heterocycles. The molecule has 1 aliphatic carbocycles. The SMILES string of the molecule is CC(C)CNC(C)Cc1ccc2c(c1)CCCC2. The van der Waals surface area contributed by atoms with Gasteiger partial charge in [-0.15, -0.1) is 0 Å². The average molecular weight is 245 g/mol. The van der Waals surface area contributed by atoms with Crippen LogP contribution < -0.4 is 5.32 Å². The molecule has 1 heteroatoms. The van der Waals surface area contributed by atoms with E-state index in [0.717, 1.165) is 18.9 Å². The Morgan fingerprint density at radius 1 is 1.06 bits per heavy atom. The fraction of sp³-hybridized carbons (Fsp3) is 0.647. The summed E-state index contributed by atoms with van der Waals surface area (Å²) in [6.07, 6.45) is 6.48. The standard InChI is InChI=1S/C17H27N/c1-13(2)12-18-14(3)10-15-8-9-16-6-4-5-7-17(16)11-15/h8-9,11,13-14,18H,4-7,10,12H2,1-3H3. The van der Waals surface area contributed by atoms with Crippen LogP contribution in [0.25, 0.3) is 0 Å². The van der Waals surface area contributed by atoms with Gasteiger partial charge in [-0.3, -0.25) is 0 Å². The molecule has 0 bridgehead atoms. The van der Waals surface area contributed by atoms with Crippen LogP contribution >= 0.6 is 0 Å². The van der Waals surface area contributed by atoms with Crippen LogP contribution in [0.4, 0.5) is 0 Å². The Labute approximate surface area is 112 Å². The summed E-state index contributed by atoms with van der Waals surface area (Å²) < 4.78 is 0. The van der Waals surface area contributed by atoms with Crippen molar-refractivity contribution >= 4 is 0 Å². The lowest BCUT2D eigenvalue weighted by Gasteiger charge is -2.19. The monoisotopic (exact) mass is 245 g/mol. The van der Waals surface area contributed by atoms with Crippen molar-refractivity contribution in [2.45, 2.75) is 58.9 Å². The van der Waals surface area contributed by atoms with Crippen LogP contribution in [0.5, 0.6) is 0 Å². The normalized spacial score (nSPS) is 16.7. The summed E-state index contributed by atoms with van der Waals surface area (Å²) in [5.41, 5.74) is 4.70. The van der Waals surface area contributed by atoms with E-state index >= 15 is 0 Å². The highest BCUT2D eigenvalue weighted by atomic mass is 14.9. The molecule has 1 aliphatic rings. The predicted octanol–water partition coefficient (Wildman–Crippen LogP) is 3.74. The smallest absolute Gasteiger partial charge is 0.00792 e. The lowest BCUT2D eigenvalue weighted by Crippen LogP contribution is -2.31. The van der Waals surface area contributed by atoms with Gasteiger partial charge in [0.15, 0.2) is 0 Å². The summed E-state index contributed by atoms with van der Waals surface area (Å²) in [6, 6.07) is 7.72. The van der Waals surface area contributed by atoms with Crippen molar-refractivity contribution in [1.29, 1.82) is 0 Å². The van der Waals surface area contributed by atoms with Crippen molar-refractivity contribution in [2.24, 2.45) is 5.92 Å². The summed E-state index contributed by atoms with van der Waals surface area (Å²) >= 11 is 0. The summed E-state index contributed by atoms with van der Waals surface area (Å²) in [5.74, 6) is 0.732. The molecule has 0 spiro atoms. The molecule has 0 fully saturated rings. The Morgan fingerprint density at radius 2 is 1.78 bits per heavy atom. The van der Waals surface area contributed by atoms with Gasteiger partial charge in [0.1, 0.15) is 0 Å². The van der Waals surface area contributed by atoms with E-state index in [4.69, 9.17) is 0 Å². The van der Waals surface area contributed by atoms with E-state index in [1.54, 1.807) is 11.1 Å². The van der Waals surface area contributed by atoms with E-state index in [-0.39, 0.29) is 0 Å². The Balaban J connectivity index is 1.93. The fourth-order valence-electron chi connectivity index (χ4n) is 2.78. The molecular formula is C17H27N. The lowest BCUT2D eigenvalue weighted by molar-refractivity contribution is 0.482. The molecule has 0 radical (unpaired) electrons. The van der Waals surface area contributed by atoms with E-state index in [1.165, 1.54) is 31.2 Å². The van der Waals surface area contributed by atoms with Crippen molar-refractivity contribution in [3.8, 4) is 0 Å². The third-order valence-electron chi connectivity index (χ3n) is 3.83. The minimum atomic E-state index is 0.578. The molecule has 1 unspecified atom stereocenters. The van der Waals surface area contributed by atoms with Crippen molar-refractivity contribution < 1.29 is 0 Å². The van der Waals surface area contributed by atoms with Gasteiger partial charge in [-0.25, -0.2) is 0 Å². The van der Waals surface area contributed by atoms with E-state index in [0.29, 0.717) is 6.04 Å². The number of rotatable bonds is 5. The highest BCUT2D eigenvalue weighted by molar-refractivity contribution is 5.34. The first-order valence-electron chi connectivity index (χ1n) is 7.49. The topological polar surface area (TPSA) is 12.0 Å². The first-order chi connectivity index (χ1) is 8.65.